The summed E-state index contributed by atoms with van der Waals surface area (Å²) in [7, 11) is 0. The standard InChI is InChI=1S/C59H102N2O13/c1-11-46-36(6)45(62)24-25-49(71-46)73-53-37(7)47(12-2)72-56(54(53)74-55-52(66)51(65)50(64)38(8)69-55)68-32-16-31-60-48(63)19-13-14-30-61-57(67)70-40-26-28-58(9)39(33-40)20-21-41-43-23-22-42(35(5)18-15-17-34(3)4)59(43,10)29-27-44(41)58/h20,34-38,40-47,49-56,62,64-66H,11-19,21-33H2,1-10H3,(H,60,63)(H,61,67). The predicted molar refractivity (Wildman–Crippen MR) is 282 cm³/mol. The highest BCUT2D eigenvalue weighted by Gasteiger charge is 2.59. The van der Waals surface area contributed by atoms with Crippen LogP contribution in [0.4, 0.5) is 4.79 Å². The van der Waals surface area contributed by atoms with Crippen LogP contribution in [-0.2, 0) is 38.0 Å². The van der Waals surface area contributed by atoms with Crippen LogP contribution in [0.15, 0.2) is 11.6 Å². The highest BCUT2D eigenvalue weighted by atomic mass is 16.8. The number of ether oxygens (including phenoxy) is 7. The average molecular weight is 1050 g/mol. The lowest BCUT2D eigenvalue weighted by Gasteiger charge is -2.58. The van der Waals surface area contributed by atoms with E-state index in [0.717, 1.165) is 54.8 Å². The lowest BCUT2D eigenvalue weighted by molar-refractivity contribution is -0.372. The lowest BCUT2D eigenvalue weighted by atomic mass is 9.47. The number of rotatable bonds is 22. The van der Waals surface area contributed by atoms with Crippen molar-refractivity contribution in [2.75, 3.05) is 19.7 Å². The Kier molecular flexibility index (Phi) is 21.7. The number of hydrogen-bond donors (Lipinski definition) is 6. The van der Waals surface area contributed by atoms with E-state index in [-0.39, 0.29) is 54.2 Å². The van der Waals surface area contributed by atoms with E-state index in [1.807, 2.05) is 27.7 Å². The molecule has 2 amide bonds. The van der Waals surface area contributed by atoms with Crippen molar-refractivity contribution in [3.63, 3.8) is 0 Å². The van der Waals surface area contributed by atoms with Crippen molar-refractivity contribution in [1.29, 1.82) is 0 Å². The molecule has 4 aliphatic carbocycles. The molecule has 3 aliphatic heterocycles. The van der Waals surface area contributed by atoms with Crippen LogP contribution < -0.4 is 10.6 Å². The molecule has 15 nitrogen and oxygen atoms in total. The van der Waals surface area contributed by atoms with Crippen LogP contribution in [0.2, 0.25) is 0 Å². The third-order valence-corrected chi connectivity index (χ3v) is 20.0. The van der Waals surface area contributed by atoms with Gasteiger partial charge in [0, 0.05) is 44.2 Å². The molecule has 0 aromatic carbocycles. The van der Waals surface area contributed by atoms with E-state index in [4.69, 9.17) is 33.2 Å². The van der Waals surface area contributed by atoms with Gasteiger partial charge in [0.25, 0.3) is 0 Å². The Morgan fingerprint density at radius 3 is 2.23 bits per heavy atom. The molecule has 0 bridgehead atoms. The van der Waals surface area contributed by atoms with Crippen LogP contribution >= 0.6 is 0 Å². The fraction of sp³-hybridized carbons (Fsp3) is 0.932. The van der Waals surface area contributed by atoms with Gasteiger partial charge in [-0.1, -0.05) is 93.2 Å². The summed E-state index contributed by atoms with van der Waals surface area (Å²) in [6.07, 6.45) is 9.33. The van der Waals surface area contributed by atoms with E-state index in [1.54, 1.807) is 6.92 Å². The highest BCUT2D eigenvalue weighted by Crippen LogP contribution is 2.67. The molecule has 3 saturated heterocycles. The van der Waals surface area contributed by atoms with Crippen molar-refractivity contribution in [2.45, 2.75) is 271 Å². The Morgan fingerprint density at radius 2 is 1.49 bits per heavy atom. The molecule has 3 saturated carbocycles. The van der Waals surface area contributed by atoms with Gasteiger partial charge >= 0.3 is 6.09 Å². The molecule has 0 aromatic rings. The van der Waals surface area contributed by atoms with E-state index in [1.165, 1.54) is 56.9 Å². The molecular formula is C59H102N2O13. The van der Waals surface area contributed by atoms with Gasteiger partial charge in [0.1, 0.15) is 30.5 Å². The normalized spacial score (nSPS) is 42.8. The van der Waals surface area contributed by atoms with E-state index in [0.29, 0.717) is 69.9 Å². The number of nitrogens with one attached hydrogen (secondary N) is 2. The zero-order valence-electron chi connectivity index (χ0n) is 47.2. The summed E-state index contributed by atoms with van der Waals surface area (Å²) >= 11 is 0. The van der Waals surface area contributed by atoms with Crippen LogP contribution in [0.5, 0.6) is 0 Å². The molecule has 0 aromatic heterocycles. The number of hydrogen-bond acceptors (Lipinski definition) is 13. The van der Waals surface area contributed by atoms with Gasteiger partial charge in [0.05, 0.1) is 37.1 Å². The molecule has 15 heteroatoms. The summed E-state index contributed by atoms with van der Waals surface area (Å²) in [6.45, 7) is 23.1. The van der Waals surface area contributed by atoms with E-state index < -0.39 is 61.6 Å². The van der Waals surface area contributed by atoms with Crippen LogP contribution in [0.3, 0.4) is 0 Å². The van der Waals surface area contributed by atoms with Gasteiger partial charge in [-0.05, 0) is 137 Å². The van der Waals surface area contributed by atoms with E-state index >= 15 is 0 Å². The fourth-order valence-corrected chi connectivity index (χ4v) is 15.3. The van der Waals surface area contributed by atoms with Gasteiger partial charge in [0.15, 0.2) is 18.9 Å². The first-order valence-corrected chi connectivity index (χ1v) is 29.8. The third kappa shape index (κ3) is 13.9. The molecule has 7 aliphatic rings. The molecule has 6 fully saturated rings. The Balaban J connectivity index is 0.821. The quantitative estimate of drug-likeness (QED) is 0.0443. The monoisotopic (exact) mass is 1050 g/mol. The van der Waals surface area contributed by atoms with Gasteiger partial charge in [0.2, 0.25) is 5.91 Å². The van der Waals surface area contributed by atoms with Crippen molar-refractivity contribution in [3.05, 3.63) is 11.6 Å². The topological polar surface area (TPSA) is 204 Å². The average Bonchev–Trinajstić information content (AvgIpc) is 3.67. The number of aliphatic hydroxyl groups is 4. The maximum absolute atomic E-state index is 13.0. The van der Waals surface area contributed by atoms with Crippen LogP contribution in [-0.4, -0.2) is 132 Å². The van der Waals surface area contributed by atoms with E-state index in [2.05, 4.69) is 51.3 Å². The number of carbonyl (C=O) groups excluding carboxylic acids is 2. The first kappa shape index (κ1) is 59.7. The third-order valence-electron chi connectivity index (χ3n) is 20.0. The van der Waals surface area contributed by atoms with Gasteiger partial charge < -0.3 is 64.2 Å². The second-order valence-corrected chi connectivity index (χ2v) is 25.2. The summed E-state index contributed by atoms with van der Waals surface area (Å²) in [5.41, 5.74) is 2.20. The van der Waals surface area contributed by atoms with Gasteiger partial charge in [-0.2, -0.15) is 0 Å². The fourth-order valence-electron chi connectivity index (χ4n) is 15.3. The zero-order valence-corrected chi connectivity index (χ0v) is 47.2. The molecular weight excluding hydrogens is 945 g/mol. The minimum absolute atomic E-state index is 0.0693. The summed E-state index contributed by atoms with van der Waals surface area (Å²) in [6, 6.07) is 0. The molecule has 6 N–H and O–H groups in total. The minimum Gasteiger partial charge on any atom is -0.446 e. The van der Waals surface area contributed by atoms with Crippen LogP contribution in [0.25, 0.3) is 0 Å². The molecule has 426 valence electrons. The van der Waals surface area contributed by atoms with Crippen molar-refractivity contribution in [1.82, 2.24) is 10.6 Å². The number of aliphatic hydroxyl groups excluding tert-OH is 4. The predicted octanol–water partition coefficient (Wildman–Crippen LogP) is 9.10. The number of carbonyl (C=O) groups is 2. The molecule has 22 unspecified atom stereocenters. The van der Waals surface area contributed by atoms with Crippen molar-refractivity contribution >= 4 is 12.0 Å². The molecule has 3 heterocycles. The van der Waals surface area contributed by atoms with Gasteiger partial charge in [-0.25, -0.2) is 4.79 Å². The summed E-state index contributed by atoms with van der Waals surface area (Å²) in [5, 5.41) is 48.7. The minimum atomic E-state index is -1.55. The second kappa shape index (κ2) is 26.8. The summed E-state index contributed by atoms with van der Waals surface area (Å²) in [4.78, 5) is 25.9. The van der Waals surface area contributed by atoms with Crippen molar-refractivity contribution < 1.29 is 63.2 Å². The molecule has 0 spiro atoms. The second-order valence-electron chi connectivity index (χ2n) is 25.2. The summed E-state index contributed by atoms with van der Waals surface area (Å²) < 4.78 is 44.4. The Labute approximate surface area is 445 Å². The largest absolute Gasteiger partial charge is 0.446 e. The number of alkyl carbamates (subject to hydrolysis) is 1. The Hall–Kier alpha value is -1.92. The first-order chi connectivity index (χ1) is 35.3. The smallest absolute Gasteiger partial charge is 0.407 e. The number of allylic oxidation sites excluding steroid dienone is 1. The lowest BCUT2D eigenvalue weighted by Crippen LogP contribution is -2.62. The van der Waals surface area contributed by atoms with Crippen LogP contribution in [0.1, 0.15) is 191 Å². The van der Waals surface area contributed by atoms with Crippen LogP contribution in [0, 0.1) is 58.2 Å². The highest BCUT2D eigenvalue weighted by molar-refractivity contribution is 5.75. The Bertz CT molecular complexity index is 1800. The maximum atomic E-state index is 13.0. The van der Waals surface area contributed by atoms with Gasteiger partial charge in [-0.15, -0.1) is 0 Å². The van der Waals surface area contributed by atoms with E-state index in [9.17, 15) is 30.0 Å². The number of fused-ring (bicyclic) bond motifs is 5. The number of unbranched alkanes of at least 4 members (excludes halogenated alkanes) is 1. The first-order valence-electron chi connectivity index (χ1n) is 29.8. The van der Waals surface area contributed by atoms with Gasteiger partial charge in [-0.3, -0.25) is 4.79 Å². The SMILES string of the molecule is CCC1OC(OC2C(C)C(CC)OC(OCCCNC(=O)CCCCNC(=O)OC3CCC4(C)C(=CCC5C4CCC4(C)C(C(C)CCCC(C)C)CCC54)C3)C2OC2OC(C)C(O)C(O)C2O)CCC(O)C1C. The Morgan fingerprint density at radius 1 is 0.743 bits per heavy atom. The van der Waals surface area contributed by atoms with Crippen molar-refractivity contribution in [2.24, 2.45) is 58.2 Å². The molecule has 74 heavy (non-hydrogen) atoms. The zero-order chi connectivity index (χ0) is 53.5. The molecule has 7 rings (SSSR count). The summed E-state index contributed by atoms with van der Waals surface area (Å²) in [5.74, 6) is 4.43. The molecule has 0 radical (unpaired) electrons. The maximum Gasteiger partial charge on any atom is 0.407 e. The van der Waals surface area contributed by atoms with Crippen molar-refractivity contribution in [3.8, 4) is 0 Å². The number of amides is 2. The molecule has 22 atom stereocenters.